The van der Waals surface area contributed by atoms with Crippen LogP contribution in [0, 0.1) is 0 Å². The van der Waals surface area contributed by atoms with Crippen molar-refractivity contribution in [3.8, 4) is 5.75 Å². The van der Waals surface area contributed by atoms with E-state index in [0.717, 1.165) is 35.0 Å². The second-order valence-electron chi connectivity index (χ2n) is 6.35. The summed E-state index contributed by atoms with van der Waals surface area (Å²) in [5.41, 5.74) is 2.94. The van der Waals surface area contributed by atoms with Crippen molar-refractivity contribution in [1.29, 1.82) is 0 Å². The van der Waals surface area contributed by atoms with Crippen molar-refractivity contribution in [3.05, 3.63) is 65.1 Å². The Bertz CT molecular complexity index is 890. The lowest BCUT2D eigenvalue weighted by molar-refractivity contribution is -0.121. The highest BCUT2D eigenvalue weighted by molar-refractivity contribution is 6.30. The third-order valence-electron chi connectivity index (χ3n) is 4.28. The molecule has 0 saturated carbocycles. The number of fused-ring (bicyclic) bond motifs is 1. The van der Waals surface area contributed by atoms with Gasteiger partial charge < -0.3 is 14.5 Å². The first kappa shape index (κ1) is 19.2. The normalized spacial score (nSPS) is 10.9. The Morgan fingerprint density at radius 1 is 1.22 bits per heavy atom. The van der Waals surface area contributed by atoms with Gasteiger partial charge in [0.05, 0.1) is 12.3 Å². The van der Waals surface area contributed by atoms with Crippen LogP contribution < -0.4 is 10.1 Å². The molecule has 3 aromatic rings. The molecule has 6 heteroatoms. The lowest BCUT2D eigenvalue weighted by Crippen LogP contribution is -2.25. The molecule has 1 aromatic carbocycles. The van der Waals surface area contributed by atoms with Gasteiger partial charge in [-0.3, -0.25) is 4.79 Å². The Hall–Kier alpha value is -2.53. The van der Waals surface area contributed by atoms with Crippen LogP contribution in [-0.4, -0.2) is 28.4 Å². The number of hydrogen-bond acceptors (Lipinski definition) is 3. The van der Waals surface area contributed by atoms with Crippen molar-refractivity contribution in [2.45, 2.75) is 32.6 Å². The number of carbonyl (C=O) groups is 1. The number of imidazole rings is 1. The molecule has 0 aliphatic carbocycles. The highest BCUT2D eigenvalue weighted by Crippen LogP contribution is 2.19. The zero-order chi connectivity index (χ0) is 19.1. The summed E-state index contributed by atoms with van der Waals surface area (Å²) in [5, 5.41) is 3.70. The number of pyridine rings is 1. The molecule has 0 radical (unpaired) electrons. The fraction of sp³-hybridized carbons (Fsp3) is 0.333. The molecule has 1 amide bonds. The van der Waals surface area contributed by atoms with Crippen molar-refractivity contribution < 1.29 is 9.53 Å². The Morgan fingerprint density at radius 2 is 2.04 bits per heavy atom. The standard InChI is InChI=1S/C21H24ClN3O2/c1-2-27-19-6-4-14-25-15-18(24-21(19)25)12-13-23-20(26)7-3-5-16-8-10-17(22)11-9-16/h4,6,8-11,14-15H,2-3,5,7,12-13H2,1H3,(H,23,26). The van der Waals surface area contributed by atoms with Crippen molar-refractivity contribution in [2.24, 2.45) is 0 Å². The predicted octanol–water partition coefficient (Wildman–Crippen LogP) is 4.07. The number of benzene rings is 1. The van der Waals surface area contributed by atoms with Gasteiger partial charge in [0.2, 0.25) is 5.91 Å². The summed E-state index contributed by atoms with van der Waals surface area (Å²) in [4.78, 5) is 16.6. The lowest BCUT2D eigenvalue weighted by Gasteiger charge is -2.04. The minimum absolute atomic E-state index is 0.0720. The number of rotatable bonds is 9. The molecule has 142 valence electrons. The number of aryl methyl sites for hydroxylation is 1. The summed E-state index contributed by atoms with van der Waals surface area (Å²) in [6.45, 7) is 3.14. The lowest BCUT2D eigenvalue weighted by atomic mass is 10.1. The molecule has 0 saturated heterocycles. The van der Waals surface area contributed by atoms with E-state index in [1.165, 1.54) is 5.56 Å². The van der Waals surface area contributed by atoms with E-state index in [4.69, 9.17) is 16.3 Å². The van der Waals surface area contributed by atoms with E-state index in [9.17, 15) is 4.79 Å². The Balaban J connectivity index is 1.42. The molecule has 0 fully saturated rings. The molecule has 2 heterocycles. The van der Waals surface area contributed by atoms with Crippen LogP contribution in [0.4, 0.5) is 0 Å². The predicted molar refractivity (Wildman–Crippen MR) is 107 cm³/mol. The maximum Gasteiger partial charge on any atom is 0.220 e. The molecule has 0 aliphatic heterocycles. The van der Waals surface area contributed by atoms with Gasteiger partial charge in [-0.05, 0) is 49.6 Å². The van der Waals surface area contributed by atoms with E-state index >= 15 is 0 Å². The van der Waals surface area contributed by atoms with Crippen LogP contribution in [0.3, 0.4) is 0 Å². The summed E-state index contributed by atoms with van der Waals surface area (Å²) in [5.74, 6) is 0.847. The third-order valence-corrected chi connectivity index (χ3v) is 4.53. The molecule has 2 aromatic heterocycles. The summed E-state index contributed by atoms with van der Waals surface area (Å²) >= 11 is 5.88. The van der Waals surface area contributed by atoms with Gasteiger partial charge in [-0.15, -0.1) is 0 Å². The molecular formula is C21H24ClN3O2. The number of nitrogens with one attached hydrogen (secondary N) is 1. The maximum atomic E-state index is 12.0. The zero-order valence-electron chi connectivity index (χ0n) is 15.5. The summed E-state index contributed by atoms with van der Waals surface area (Å²) in [6.07, 6.45) is 6.82. The summed E-state index contributed by atoms with van der Waals surface area (Å²) in [7, 11) is 0. The van der Waals surface area contributed by atoms with Crippen LogP contribution in [-0.2, 0) is 17.6 Å². The quantitative estimate of drug-likeness (QED) is 0.604. The van der Waals surface area contributed by atoms with E-state index in [2.05, 4.69) is 10.3 Å². The molecule has 0 spiro atoms. The van der Waals surface area contributed by atoms with Gasteiger partial charge in [-0.1, -0.05) is 23.7 Å². The van der Waals surface area contributed by atoms with Crippen molar-refractivity contribution in [3.63, 3.8) is 0 Å². The average molecular weight is 386 g/mol. The first-order valence-electron chi connectivity index (χ1n) is 9.26. The molecule has 1 N–H and O–H groups in total. The number of halogens is 1. The SMILES string of the molecule is CCOc1cccn2cc(CCNC(=O)CCCc3ccc(Cl)cc3)nc12. The minimum Gasteiger partial charge on any atom is -0.490 e. The van der Waals surface area contributed by atoms with Crippen LogP contribution in [0.15, 0.2) is 48.8 Å². The van der Waals surface area contributed by atoms with Crippen molar-refractivity contribution in [1.82, 2.24) is 14.7 Å². The number of amides is 1. The largest absolute Gasteiger partial charge is 0.490 e. The van der Waals surface area contributed by atoms with Gasteiger partial charge >= 0.3 is 0 Å². The second-order valence-corrected chi connectivity index (χ2v) is 6.78. The highest BCUT2D eigenvalue weighted by Gasteiger charge is 2.08. The molecule has 0 unspecified atom stereocenters. The van der Waals surface area contributed by atoms with Gasteiger partial charge in [0.25, 0.3) is 0 Å². The fourth-order valence-electron chi connectivity index (χ4n) is 2.95. The van der Waals surface area contributed by atoms with E-state index < -0.39 is 0 Å². The topological polar surface area (TPSA) is 55.6 Å². The molecule has 0 aliphatic rings. The van der Waals surface area contributed by atoms with Gasteiger partial charge in [0.1, 0.15) is 0 Å². The Morgan fingerprint density at radius 3 is 2.81 bits per heavy atom. The van der Waals surface area contributed by atoms with E-state index in [1.54, 1.807) is 0 Å². The van der Waals surface area contributed by atoms with Crippen molar-refractivity contribution in [2.75, 3.05) is 13.2 Å². The Kier molecular flexibility index (Phi) is 6.71. The number of hydrogen-bond donors (Lipinski definition) is 1. The number of carbonyl (C=O) groups excluding carboxylic acids is 1. The average Bonchev–Trinajstić information content (AvgIpc) is 3.08. The molecule has 0 atom stereocenters. The van der Waals surface area contributed by atoms with Crippen LogP contribution in [0.1, 0.15) is 31.0 Å². The monoisotopic (exact) mass is 385 g/mol. The Labute approximate surface area is 164 Å². The van der Waals surface area contributed by atoms with Gasteiger partial charge in [0, 0.05) is 36.8 Å². The maximum absolute atomic E-state index is 12.0. The van der Waals surface area contributed by atoms with Gasteiger partial charge in [0.15, 0.2) is 11.4 Å². The minimum atomic E-state index is 0.0720. The van der Waals surface area contributed by atoms with Gasteiger partial charge in [-0.25, -0.2) is 4.98 Å². The molecule has 3 rings (SSSR count). The molecule has 0 bridgehead atoms. The van der Waals surface area contributed by atoms with E-state index in [0.29, 0.717) is 26.0 Å². The number of ether oxygens (including phenoxy) is 1. The first-order valence-corrected chi connectivity index (χ1v) is 9.64. The zero-order valence-corrected chi connectivity index (χ0v) is 16.2. The van der Waals surface area contributed by atoms with Crippen molar-refractivity contribution >= 4 is 23.2 Å². The smallest absolute Gasteiger partial charge is 0.220 e. The van der Waals surface area contributed by atoms with E-state index in [-0.39, 0.29) is 5.91 Å². The van der Waals surface area contributed by atoms with Crippen LogP contribution in [0.5, 0.6) is 5.75 Å². The second kappa shape index (κ2) is 9.42. The fourth-order valence-corrected chi connectivity index (χ4v) is 3.08. The third kappa shape index (κ3) is 5.47. The summed E-state index contributed by atoms with van der Waals surface area (Å²) < 4.78 is 7.55. The van der Waals surface area contributed by atoms with E-state index in [1.807, 2.05) is 60.1 Å². The van der Waals surface area contributed by atoms with Gasteiger partial charge in [-0.2, -0.15) is 0 Å². The number of nitrogens with zero attached hydrogens (tertiary/aromatic N) is 2. The summed E-state index contributed by atoms with van der Waals surface area (Å²) in [6, 6.07) is 11.6. The molecule has 27 heavy (non-hydrogen) atoms. The molecular weight excluding hydrogens is 362 g/mol. The molecule has 5 nitrogen and oxygen atoms in total. The first-order chi connectivity index (χ1) is 13.2. The van der Waals surface area contributed by atoms with Crippen LogP contribution >= 0.6 is 11.6 Å². The van der Waals surface area contributed by atoms with Crippen LogP contribution in [0.25, 0.3) is 5.65 Å². The highest BCUT2D eigenvalue weighted by atomic mass is 35.5. The van der Waals surface area contributed by atoms with Crippen LogP contribution in [0.2, 0.25) is 5.02 Å². The number of aromatic nitrogens is 2.